The van der Waals surface area contributed by atoms with E-state index in [4.69, 9.17) is 9.15 Å². The fraction of sp³-hybridized carbons (Fsp3) is 0.541. The Balaban J connectivity index is 0.782. The Hall–Kier alpha value is -4.30. The van der Waals surface area contributed by atoms with Crippen molar-refractivity contribution in [3.8, 4) is 0 Å². The number of thiazole rings is 1. The van der Waals surface area contributed by atoms with Gasteiger partial charge in [-0.2, -0.15) is 0 Å². The van der Waals surface area contributed by atoms with Crippen LogP contribution in [0.25, 0.3) is 0 Å². The first-order valence-corrected chi connectivity index (χ1v) is 21.3. The maximum atomic E-state index is 12.9. The van der Waals surface area contributed by atoms with E-state index in [0.717, 1.165) is 26.2 Å². The number of carbonyl (C=O) groups is 6. The summed E-state index contributed by atoms with van der Waals surface area (Å²) in [5.74, 6) is 1.20. The van der Waals surface area contributed by atoms with E-state index in [0.29, 0.717) is 55.3 Å². The minimum Gasteiger partial charge on any atom is -0.465 e. The van der Waals surface area contributed by atoms with Crippen LogP contribution in [0.5, 0.6) is 0 Å². The van der Waals surface area contributed by atoms with Crippen LogP contribution in [0.15, 0.2) is 32.3 Å². The summed E-state index contributed by atoms with van der Waals surface area (Å²) in [4.78, 5) is 83.2. The summed E-state index contributed by atoms with van der Waals surface area (Å²) >= 11 is 4.45. The molecule has 56 heavy (non-hydrogen) atoms. The molecule has 0 aromatic carbocycles. The van der Waals surface area contributed by atoms with E-state index in [2.05, 4.69) is 52.3 Å². The second-order valence-electron chi connectivity index (χ2n) is 14.9. The van der Waals surface area contributed by atoms with Crippen LogP contribution < -0.4 is 26.6 Å². The summed E-state index contributed by atoms with van der Waals surface area (Å²) in [7, 11) is 0. The topological polar surface area (TPSA) is 204 Å². The number of thiophene rings is 1. The highest BCUT2D eigenvalue weighted by Gasteiger charge is 2.40. The van der Waals surface area contributed by atoms with Crippen LogP contribution in [-0.4, -0.2) is 102 Å². The van der Waals surface area contributed by atoms with Crippen molar-refractivity contribution in [1.82, 2.24) is 36.1 Å². The zero-order valence-corrected chi connectivity index (χ0v) is 34.1. The van der Waals surface area contributed by atoms with E-state index in [1.54, 1.807) is 23.3 Å². The van der Waals surface area contributed by atoms with Crippen LogP contribution in [0.1, 0.15) is 78.8 Å². The molecule has 1 atom stereocenters. The molecule has 1 unspecified atom stereocenters. The number of likely N-dealkylation sites (tertiary alicyclic amines) is 1. The van der Waals surface area contributed by atoms with Gasteiger partial charge in [-0.15, -0.1) is 23.1 Å². The lowest BCUT2D eigenvalue weighted by Crippen LogP contribution is -2.52. The third kappa shape index (κ3) is 11.0. The molecule has 6 heterocycles. The number of thioether (sulfide) groups is 1. The number of fused-ring (bicyclic) bond motifs is 1. The van der Waals surface area contributed by atoms with Crippen LogP contribution in [0.2, 0.25) is 0 Å². The molecule has 2 fully saturated rings. The molecule has 0 aliphatic carbocycles. The quantitative estimate of drug-likeness (QED) is 0.0804. The molecule has 302 valence electrons. The van der Waals surface area contributed by atoms with Crippen molar-refractivity contribution in [2.75, 3.05) is 51.3 Å². The minimum absolute atomic E-state index is 0.0373. The van der Waals surface area contributed by atoms with Crippen LogP contribution in [0.4, 0.5) is 9.93 Å². The lowest BCUT2D eigenvalue weighted by Gasteiger charge is -2.30. The van der Waals surface area contributed by atoms with Gasteiger partial charge >= 0.3 is 6.03 Å². The summed E-state index contributed by atoms with van der Waals surface area (Å²) in [6.45, 7) is 9.49. The number of nitrogens with one attached hydrogen (secondary N) is 5. The van der Waals surface area contributed by atoms with Crippen molar-refractivity contribution < 1.29 is 37.9 Å². The molecule has 3 aliphatic rings. The predicted molar refractivity (Wildman–Crippen MR) is 211 cm³/mol. The number of piperidine rings is 2. The van der Waals surface area contributed by atoms with Gasteiger partial charge in [0.2, 0.25) is 23.6 Å². The van der Waals surface area contributed by atoms with E-state index >= 15 is 0 Å². The summed E-state index contributed by atoms with van der Waals surface area (Å²) in [6.07, 6.45) is 3.56. The number of anilines is 1. The van der Waals surface area contributed by atoms with Gasteiger partial charge in [-0.3, -0.25) is 34.2 Å². The number of furan rings is 1. The molecule has 6 rings (SSSR count). The number of aromatic nitrogens is 1. The highest BCUT2D eigenvalue weighted by molar-refractivity contribution is 8.00. The van der Waals surface area contributed by atoms with Crippen molar-refractivity contribution in [3.05, 3.63) is 51.2 Å². The van der Waals surface area contributed by atoms with Gasteiger partial charge < -0.3 is 35.3 Å². The first-order valence-electron chi connectivity index (χ1n) is 18.6. The molecule has 0 bridgehead atoms. The molecular weight excluding hydrogens is 781 g/mol. The second kappa shape index (κ2) is 18.8. The standard InChI is InChI=1S/C37H48N8O8S3/c1-37(2,3)28-6-4-23(53-28)20-55-31-17-41-36(56-31)43-32(48)22-8-12-44(13-9-22)19-30(47)38-10-14-52-15-11-39-35(51)40-16-27-24-18-45(34(50)25(24)21-54-27)26-5-7-29(46)42-33(26)49/h4,6,17,21-22,26H,5,7-16,18-20H2,1-3H3,(H,38,47)(H2,39,40,51)(H,41,43,48)(H,42,46,49). The Labute approximate surface area is 337 Å². The second-order valence-corrected chi connectivity index (χ2v) is 18.1. The Morgan fingerprint density at radius 3 is 2.55 bits per heavy atom. The SMILES string of the molecule is CC(C)(C)c1ccc(CSc2cnc(NC(=O)C3CCN(CC(=O)NCCOCCNC(=O)NCc4scc5c4CN(C4CCC(=O)NC4=O)C5=O)CC3)s2)o1. The molecule has 3 aromatic rings. The molecule has 0 saturated carbocycles. The van der Waals surface area contributed by atoms with Gasteiger partial charge in [-0.1, -0.05) is 32.1 Å². The van der Waals surface area contributed by atoms with Gasteiger partial charge in [-0.05, 0) is 50.0 Å². The number of rotatable bonds is 16. The molecule has 3 aromatic heterocycles. The first-order chi connectivity index (χ1) is 26.8. The zero-order valence-electron chi connectivity index (χ0n) is 31.7. The highest BCUT2D eigenvalue weighted by atomic mass is 32.2. The number of carbonyl (C=O) groups excluding carboxylic acids is 6. The fourth-order valence-corrected chi connectivity index (χ4v) is 9.33. The normalized spacial score (nSPS) is 17.8. The molecule has 7 amide bonds. The van der Waals surface area contributed by atoms with Crippen LogP contribution in [0, 0.1) is 5.92 Å². The van der Waals surface area contributed by atoms with Crippen molar-refractivity contribution >= 4 is 75.1 Å². The zero-order chi connectivity index (χ0) is 39.8. The summed E-state index contributed by atoms with van der Waals surface area (Å²) in [6, 6.07) is 2.95. The van der Waals surface area contributed by atoms with Gasteiger partial charge in [0.1, 0.15) is 17.6 Å². The van der Waals surface area contributed by atoms with Gasteiger partial charge in [-0.25, -0.2) is 9.78 Å². The number of hydrogen-bond acceptors (Lipinski definition) is 13. The van der Waals surface area contributed by atoms with Crippen LogP contribution in [-0.2, 0) is 48.2 Å². The number of hydrogen-bond donors (Lipinski definition) is 5. The summed E-state index contributed by atoms with van der Waals surface area (Å²) < 4.78 is 12.5. The molecule has 0 spiro atoms. The van der Waals surface area contributed by atoms with Crippen LogP contribution in [0.3, 0.4) is 0 Å². The van der Waals surface area contributed by atoms with Crippen molar-refractivity contribution in [2.45, 2.75) is 81.0 Å². The smallest absolute Gasteiger partial charge is 0.315 e. The number of imide groups is 1. The van der Waals surface area contributed by atoms with E-state index < -0.39 is 11.9 Å². The maximum Gasteiger partial charge on any atom is 0.315 e. The van der Waals surface area contributed by atoms with Gasteiger partial charge in [0.15, 0.2) is 5.13 Å². The van der Waals surface area contributed by atoms with Crippen molar-refractivity contribution in [1.29, 1.82) is 0 Å². The Morgan fingerprint density at radius 2 is 1.82 bits per heavy atom. The molecule has 5 N–H and O–H groups in total. The summed E-state index contributed by atoms with van der Waals surface area (Å²) in [5.41, 5.74) is 1.27. The van der Waals surface area contributed by atoms with E-state index in [1.165, 1.54) is 27.6 Å². The minimum atomic E-state index is -0.684. The summed E-state index contributed by atoms with van der Waals surface area (Å²) in [5, 5.41) is 15.9. The number of ether oxygens (including phenoxy) is 1. The number of nitrogens with zero attached hydrogens (tertiary/aromatic N) is 3. The Bertz CT molecular complexity index is 1910. The van der Waals surface area contributed by atoms with Gasteiger partial charge in [0.25, 0.3) is 5.91 Å². The Morgan fingerprint density at radius 1 is 1.05 bits per heavy atom. The lowest BCUT2D eigenvalue weighted by atomic mass is 9.94. The molecule has 16 nitrogen and oxygen atoms in total. The van der Waals surface area contributed by atoms with E-state index in [1.807, 2.05) is 17.0 Å². The average Bonchev–Trinajstić information content (AvgIpc) is 3.96. The molecule has 3 aliphatic heterocycles. The van der Waals surface area contributed by atoms with Crippen LogP contribution >= 0.6 is 34.4 Å². The largest absolute Gasteiger partial charge is 0.465 e. The third-order valence-corrected chi connectivity index (χ3v) is 12.9. The number of amides is 7. The van der Waals surface area contributed by atoms with Crippen molar-refractivity contribution in [3.63, 3.8) is 0 Å². The molecule has 0 radical (unpaired) electrons. The van der Waals surface area contributed by atoms with Gasteiger partial charge in [0, 0.05) is 47.6 Å². The number of urea groups is 1. The highest BCUT2D eigenvalue weighted by Crippen LogP contribution is 2.35. The third-order valence-electron chi connectivity index (χ3n) is 9.69. The van der Waals surface area contributed by atoms with Gasteiger partial charge in [0.05, 0.1) is 48.0 Å². The molecule has 19 heteroatoms. The van der Waals surface area contributed by atoms with E-state index in [9.17, 15) is 28.8 Å². The lowest BCUT2D eigenvalue weighted by molar-refractivity contribution is -0.137. The fourth-order valence-electron chi connectivity index (χ4n) is 6.58. The predicted octanol–water partition coefficient (Wildman–Crippen LogP) is 3.43. The monoisotopic (exact) mass is 828 g/mol. The average molecular weight is 829 g/mol. The molecular formula is C37H48N8O8S3. The van der Waals surface area contributed by atoms with Crippen molar-refractivity contribution in [2.24, 2.45) is 5.92 Å². The first kappa shape index (κ1) is 41.3. The maximum absolute atomic E-state index is 12.9. The molecule has 2 saturated heterocycles. The van der Waals surface area contributed by atoms with E-state index in [-0.39, 0.29) is 86.8 Å². The Kier molecular flexibility index (Phi) is 13.8.